The molecule has 124 valence electrons. The van der Waals surface area contributed by atoms with Crippen LogP contribution in [0.3, 0.4) is 0 Å². The van der Waals surface area contributed by atoms with Gasteiger partial charge in [-0.05, 0) is 42.8 Å². The van der Waals surface area contributed by atoms with Gasteiger partial charge in [-0.15, -0.1) is 0 Å². The van der Waals surface area contributed by atoms with Crippen molar-refractivity contribution in [1.29, 1.82) is 0 Å². The Kier molecular flexibility index (Phi) is 5.23. The predicted molar refractivity (Wildman–Crippen MR) is 84.7 cm³/mol. The van der Waals surface area contributed by atoms with E-state index in [1.807, 2.05) is 0 Å². The molecule has 5 nitrogen and oxygen atoms in total. The summed E-state index contributed by atoms with van der Waals surface area (Å²) >= 11 is 0. The zero-order valence-electron chi connectivity index (χ0n) is 13.0. The number of hydrogen-bond acceptors (Lipinski definition) is 4. The third-order valence-corrected chi connectivity index (χ3v) is 4.92. The van der Waals surface area contributed by atoms with E-state index in [1.165, 1.54) is 13.2 Å². The van der Waals surface area contributed by atoms with Crippen molar-refractivity contribution in [1.82, 2.24) is 4.72 Å². The minimum atomic E-state index is -3.93. The quantitative estimate of drug-likeness (QED) is 0.879. The number of rotatable bonds is 6. The van der Waals surface area contributed by atoms with Gasteiger partial charge in [0.25, 0.3) is 0 Å². The van der Waals surface area contributed by atoms with Crippen molar-refractivity contribution in [3.05, 3.63) is 53.8 Å². The fourth-order valence-corrected chi connectivity index (χ4v) is 3.53. The second-order valence-electron chi connectivity index (χ2n) is 4.91. The zero-order chi connectivity index (χ0) is 17.0. The second-order valence-corrected chi connectivity index (χ2v) is 6.59. The van der Waals surface area contributed by atoms with Gasteiger partial charge in [0.2, 0.25) is 10.0 Å². The molecule has 7 heteroatoms. The standard InChI is InChI=1S/C16H18FNO4S/c1-11(12-4-7-14(21-2)8-5-12)18-23(19,20)16-10-13(17)6-9-15(16)22-3/h4-11,18H,1-3H3. The Bertz CT molecular complexity index is 775. The predicted octanol–water partition coefficient (Wildman–Crippen LogP) is 2.88. The first-order valence-electron chi connectivity index (χ1n) is 6.87. The van der Waals surface area contributed by atoms with E-state index >= 15 is 0 Å². The summed E-state index contributed by atoms with van der Waals surface area (Å²) in [6.45, 7) is 1.70. The zero-order valence-corrected chi connectivity index (χ0v) is 13.9. The van der Waals surface area contributed by atoms with Gasteiger partial charge in [-0.2, -0.15) is 0 Å². The molecule has 0 amide bonds. The van der Waals surface area contributed by atoms with E-state index in [9.17, 15) is 12.8 Å². The van der Waals surface area contributed by atoms with Gasteiger partial charge in [-0.1, -0.05) is 12.1 Å². The largest absolute Gasteiger partial charge is 0.497 e. The molecule has 0 aliphatic carbocycles. The van der Waals surface area contributed by atoms with E-state index in [0.29, 0.717) is 5.75 Å². The Balaban J connectivity index is 2.28. The van der Waals surface area contributed by atoms with Gasteiger partial charge in [0.05, 0.1) is 14.2 Å². The Morgan fingerprint density at radius 2 is 1.70 bits per heavy atom. The first kappa shape index (κ1) is 17.2. The van der Waals surface area contributed by atoms with Crippen LogP contribution in [0.5, 0.6) is 11.5 Å². The molecule has 0 aliphatic rings. The topological polar surface area (TPSA) is 64.6 Å². The first-order chi connectivity index (χ1) is 10.9. The molecule has 1 atom stereocenters. The van der Waals surface area contributed by atoms with Gasteiger partial charge in [-0.25, -0.2) is 17.5 Å². The summed E-state index contributed by atoms with van der Waals surface area (Å²) in [5.74, 6) is 0.111. The molecule has 0 aromatic heterocycles. The third-order valence-electron chi connectivity index (χ3n) is 3.36. The third kappa shape index (κ3) is 4.00. The second kappa shape index (κ2) is 6.97. The average Bonchev–Trinajstić information content (AvgIpc) is 2.54. The number of sulfonamides is 1. The highest BCUT2D eigenvalue weighted by molar-refractivity contribution is 7.89. The number of benzene rings is 2. The lowest BCUT2D eigenvalue weighted by Crippen LogP contribution is -2.27. The van der Waals surface area contributed by atoms with Crippen LogP contribution in [0.15, 0.2) is 47.4 Å². The van der Waals surface area contributed by atoms with Crippen LogP contribution in [0.4, 0.5) is 4.39 Å². The summed E-state index contributed by atoms with van der Waals surface area (Å²) < 4.78 is 51.0. The lowest BCUT2D eigenvalue weighted by Gasteiger charge is -2.16. The fourth-order valence-electron chi connectivity index (χ4n) is 2.12. The molecular formula is C16H18FNO4S. The summed E-state index contributed by atoms with van der Waals surface area (Å²) in [6, 6.07) is 9.85. The molecule has 1 N–H and O–H groups in total. The van der Waals surface area contributed by atoms with Crippen molar-refractivity contribution in [2.24, 2.45) is 0 Å². The molecule has 0 spiro atoms. The Hall–Kier alpha value is -2.12. The smallest absolute Gasteiger partial charge is 0.244 e. The number of methoxy groups -OCH3 is 2. The normalized spacial score (nSPS) is 12.7. The van der Waals surface area contributed by atoms with Crippen molar-refractivity contribution >= 4 is 10.0 Å². The number of nitrogens with one attached hydrogen (secondary N) is 1. The molecule has 2 aromatic carbocycles. The number of hydrogen-bond donors (Lipinski definition) is 1. The minimum absolute atomic E-state index is 0.0841. The van der Waals surface area contributed by atoms with Gasteiger partial charge in [0.15, 0.2) is 0 Å². The molecule has 0 heterocycles. The monoisotopic (exact) mass is 339 g/mol. The van der Waals surface area contributed by atoms with Crippen molar-refractivity contribution < 1.29 is 22.3 Å². The van der Waals surface area contributed by atoms with E-state index in [4.69, 9.17) is 9.47 Å². The number of halogens is 1. The van der Waals surface area contributed by atoms with E-state index in [1.54, 1.807) is 38.3 Å². The van der Waals surface area contributed by atoms with Crippen LogP contribution >= 0.6 is 0 Å². The van der Waals surface area contributed by atoms with Gasteiger partial charge in [-0.3, -0.25) is 0 Å². The molecule has 0 saturated carbocycles. The van der Waals surface area contributed by atoms with Crippen LogP contribution in [0, 0.1) is 5.82 Å². The molecular weight excluding hydrogens is 321 g/mol. The lowest BCUT2D eigenvalue weighted by molar-refractivity contribution is 0.400. The molecule has 2 rings (SSSR count). The average molecular weight is 339 g/mol. The summed E-state index contributed by atoms with van der Waals surface area (Å²) in [7, 11) is -1.05. The van der Waals surface area contributed by atoms with Crippen LogP contribution in [-0.2, 0) is 10.0 Å². The molecule has 0 aliphatic heterocycles. The maximum absolute atomic E-state index is 13.4. The molecule has 0 radical (unpaired) electrons. The van der Waals surface area contributed by atoms with Crippen LogP contribution in [-0.4, -0.2) is 22.6 Å². The van der Waals surface area contributed by atoms with Gasteiger partial charge in [0, 0.05) is 6.04 Å². The highest BCUT2D eigenvalue weighted by Gasteiger charge is 2.23. The van der Waals surface area contributed by atoms with Crippen LogP contribution in [0.2, 0.25) is 0 Å². The SMILES string of the molecule is COc1ccc(C(C)NS(=O)(=O)c2cc(F)ccc2OC)cc1. The van der Waals surface area contributed by atoms with Crippen molar-refractivity contribution in [2.75, 3.05) is 14.2 Å². The summed E-state index contributed by atoms with van der Waals surface area (Å²) in [5.41, 5.74) is 0.754. The van der Waals surface area contributed by atoms with Crippen molar-refractivity contribution in [2.45, 2.75) is 17.9 Å². The van der Waals surface area contributed by atoms with Crippen molar-refractivity contribution in [3.63, 3.8) is 0 Å². The molecule has 0 fully saturated rings. The lowest BCUT2D eigenvalue weighted by atomic mass is 10.1. The Labute approximate surface area is 135 Å². The Morgan fingerprint density at radius 3 is 2.26 bits per heavy atom. The van der Waals surface area contributed by atoms with Crippen molar-refractivity contribution in [3.8, 4) is 11.5 Å². The van der Waals surface area contributed by atoms with E-state index in [0.717, 1.165) is 17.7 Å². The molecule has 0 bridgehead atoms. The molecule has 2 aromatic rings. The highest BCUT2D eigenvalue weighted by Crippen LogP contribution is 2.26. The maximum atomic E-state index is 13.4. The molecule has 0 saturated heterocycles. The van der Waals surface area contributed by atoms with Gasteiger partial charge < -0.3 is 9.47 Å². The molecule has 1 unspecified atom stereocenters. The number of ether oxygens (including phenoxy) is 2. The molecule has 23 heavy (non-hydrogen) atoms. The Morgan fingerprint density at radius 1 is 1.04 bits per heavy atom. The minimum Gasteiger partial charge on any atom is -0.497 e. The van der Waals surface area contributed by atoms with Crippen LogP contribution in [0.25, 0.3) is 0 Å². The summed E-state index contributed by atoms with van der Waals surface area (Å²) in [6.07, 6.45) is 0. The van der Waals surface area contributed by atoms with E-state index < -0.39 is 21.9 Å². The van der Waals surface area contributed by atoms with E-state index in [-0.39, 0.29) is 10.6 Å². The highest BCUT2D eigenvalue weighted by atomic mass is 32.2. The fraction of sp³-hybridized carbons (Fsp3) is 0.250. The first-order valence-corrected chi connectivity index (χ1v) is 8.35. The van der Waals surface area contributed by atoms with E-state index in [2.05, 4.69) is 4.72 Å². The summed E-state index contributed by atoms with van der Waals surface area (Å²) in [5, 5.41) is 0. The van der Waals surface area contributed by atoms with Crippen LogP contribution in [0.1, 0.15) is 18.5 Å². The van der Waals surface area contributed by atoms with Gasteiger partial charge >= 0.3 is 0 Å². The van der Waals surface area contributed by atoms with Gasteiger partial charge in [0.1, 0.15) is 22.2 Å². The maximum Gasteiger partial charge on any atom is 0.244 e. The van der Waals surface area contributed by atoms with Crippen LogP contribution < -0.4 is 14.2 Å². The summed E-state index contributed by atoms with van der Waals surface area (Å²) in [4.78, 5) is -0.236.